The summed E-state index contributed by atoms with van der Waals surface area (Å²) < 4.78 is 21.7. The van der Waals surface area contributed by atoms with Crippen LogP contribution in [0.15, 0.2) is 11.6 Å². The van der Waals surface area contributed by atoms with Crippen LogP contribution < -0.4 is 5.32 Å². The van der Waals surface area contributed by atoms with Crippen LogP contribution in [0.5, 0.6) is 0 Å². The molecule has 31 heavy (non-hydrogen) atoms. The number of likely N-dealkylation sites (N-methyl/N-ethyl adjacent to an activating group) is 1. The second kappa shape index (κ2) is 11.3. The largest absolute Gasteiger partial charge is 0.470 e. The molecule has 2 aliphatic heterocycles. The van der Waals surface area contributed by atoms with Crippen molar-refractivity contribution >= 4 is 37.1 Å². The van der Waals surface area contributed by atoms with Gasteiger partial charge in [0.1, 0.15) is 29.9 Å². The van der Waals surface area contributed by atoms with Crippen LogP contribution in [0.2, 0.25) is 0 Å². The first-order valence-corrected chi connectivity index (χ1v) is 13.3. The zero-order valence-corrected chi connectivity index (χ0v) is 20.4. The van der Waals surface area contributed by atoms with Gasteiger partial charge >= 0.3 is 7.82 Å². The lowest BCUT2D eigenvalue weighted by atomic mass is 9.93. The number of likely N-dealkylation sites (tertiary alicyclic amines) is 1. The molecule has 13 heteroatoms. The van der Waals surface area contributed by atoms with E-state index in [-0.39, 0.29) is 5.91 Å². The van der Waals surface area contributed by atoms with Gasteiger partial charge in [-0.15, -0.1) is 23.4 Å². The van der Waals surface area contributed by atoms with Gasteiger partial charge in [-0.3, -0.25) is 14.2 Å². The minimum Gasteiger partial charge on any atom is -0.388 e. The predicted molar refractivity (Wildman–Crippen MR) is 118 cm³/mol. The monoisotopic (exact) mass is 502 g/mol. The van der Waals surface area contributed by atoms with Crippen molar-refractivity contribution in [3.8, 4) is 0 Å². The molecule has 0 aromatic rings. The number of alkyl halides is 1. The summed E-state index contributed by atoms with van der Waals surface area (Å²) in [4.78, 5) is 33.1. The Morgan fingerprint density at radius 3 is 2.61 bits per heavy atom. The number of phosphoric ester groups is 1. The molecule has 0 unspecified atom stereocenters. The standard InChI is InChI=1S/C18H32ClN2O8PS/c1-5-6-10-7-11(21(3)8-10)17(24)20-12(9(2)19)15-13(22)14(23)16(18(28-15)31-4)29-30(25,26)27/h6,9,11-16,18,22-23H,5,7-8H2,1-4H3,(H,20,24)(H2,25,26,27)/b10-6+/t9-,11-,12+,13+,14-,15+,16+,18+/m0/s1. The molecule has 0 radical (unpaired) electrons. The van der Waals surface area contributed by atoms with Crippen LogP contribution >= 0.6 is 31.2 Å². The number of hydrogen-bond donors (Lipinski definition) is 5. The first kappa shape index (κ1) is 27.0. The highest BCUT2D eigenvalue weighted by Gasteiger charge is 2.51. The van der Waals surface area contributed by atoms with Crippen molar-refractivity contribution in [1.29, 1.82) is 0 Å². The fourth-order valence-electron chi connectivity index (χ4n) is 3.97. The summed E-state index contributed by atoms with van der Waals surface area (Å²) in [5.74, 6) is -0.279. The Morgan fingerprint density at radius 1 is 1.45 bits per heavy atom. The van der Waals surface area contributed by atoms with Gasteiger partial charge in [-0.2, -0.15) is 0 Å². The molecule has 2 fully saturated rings. The van der Waals surface area contributed by atoms with Gasteiger partial charge in [0.25, 0.3) is 0 Å². The molecule has 2 heterocycles. The van der Waals surface area contributed by atoms with E-state index in [4.69, 9.17) is 26.1 Å². The normalized spacial score (nSPS) is 35.8. The molecule has 0 aliphatic carbocycles. The number of hydrogen-bond acceptors (Lipinski definition) is 8. The number of thioether (sulfide) groups is 1. The predicted octanol–water partition coefficient (Wildman–Crippen LogP) is 0.427. The van der Waals surface area contributed by atoms with Crippen molar-refractivity contribution < 1.29 is 38.6 Å². The highest BCUT2D eigenvalue weighted by atomic mass is 35.5. The number of nitrogens with one attached hydrogen (secondary N) is 1. The number of rotatable bonds is 8. The summed E-state index contributed by atoms with van der Waals surface area (Å²) in [5.41, 5.74) is 0.170. The third kappa shape index (κ3) is 6.89. The number of carbonyl (C=O) groups excluding carboxylic acids is 1. The molecule has 5 N–H and O–H groups in total. The van der Waals surface area contributed by atoms with Crippen molar-refractivity contribution in [2.45, 2.75) is 74.0 Å². The lowest BCUT2D eigenvalue weighted by Gasteiger charge is -2.45. The highest BCUT2D eigenvalue weighted by molar-refractivity contribution is 7.99. The van der Waals surface area contributed by atoms with E-state index < -0.39 is 55.1 Å². The highest BCUT2D eigenvalue weighted by Crippen LogP contribution is 2.43. The SMILES string of the molecule is CC/C=C1\C[C@@H](C(=O)N[C@@H]([C@H]2O[C@H](SC)[C@H](OP(=O)(O)O)[C@@H](O)[C@H]2O)[C@H](C)Cl)N(C)C1. The number of carbonyl (C=O) groups is 1. The van der Waals surface area contributed by atoms with E-state index in [0.29, 0.717) is 13.0 Å². The minimum atomic E-state index is -4.94. The zero-order chi connectivity index (χ0) is 23.5. The number of aliphatic hydroxyl groups is 2. The third-order valence-corrected chi connectivity index (χ3v) is 7.10. The van der Waals surface area contributed by atoms with E-state index >= 15 is 0 Å². The van der Waals surface area contributed by atoms with Crippen LogP contribution in [0, 0.1) is 0 Å². The van der Waals surface area contributed by atoms with Crippen LogP contribution in [0.4, 0.5) is 0 Å². The Bertz CT molecular complexity index is 706. The van der Waals surface area contributed by atoms with Crippen molar-refractivity contribution in [2.75, 3.05) is 19.8 Å². The first-order valence-electron chi connectivity index (χ1n) is 10.0. The first-order chi connectivity index (χ1) is 14.4. The van der Waals surface area contributed by atoms with Gasteiger partial charge in [-0.1, -0.05) is 18.6 Å². The quantitative estimate of drug-likeness (QED) is 0.180. The summed E-state index contributed by atoms with van der Waals surface area (Å²) in [6.07, 6.45) is -0.663. The molecular weight excluding hydrogens is 471 g/mol. The summed E-state index contributed by atoms with van der Waals surface area (Å²) in [6, 6.07) is -1.26. The van der Waals surface area contributed by atoms with E-state index in [2.05, 4.69) is 15.9 Å². The molecule has 0 bridgehead atoms. The van der Waals surface area contributed by atoms with Crippen molar-refractivity contribution in [1.82, 2.24) is 10.2 Å². The maximum absolute atomic E-state index is 13.0. The molecule has 180 valence electrons. The van der Waals surface area contributed by atoms with E-state index in [1.165, 1.54) is 5.57 Å². The van der Waals surface area contributed by atoms with Crippen molar-refractivity contribution in [3.05, 3.63) is 11.6 Å². The average Bonchev–Trinajstić information content (AvgIpc) is 3.03. The summed E-state index contributed by atoms with van der Waals surface area (Å²) in [5, 5.41) is 23.3. The number of ether oxygens (including phenoxy) is 1. The topological polar surface area (TPSA) is 149 Å². The molecule has 0 aromatic heterocycles. The van der Waals surface area contributed by atoms with E-state index in [0.717, 1.165) is 18.2 Å². The van der Waals surface area contributed by atoms with Crippen molar-refractivity contribution in [2.24, 2.45) is 0 Å². The lowest BCUT2D eigenvalue weighted by molar-refractivity contribution is -0.201. The molecule has 10 nitrogen and oxygen atoms in total. The Morgan fingerprint density at radius 2 is 2.10 bits per heavy atom. The molecule has 0 spiro atoms. The molecule has 0 saturated carbocycles. The van der Waals surface area contributed by atoms with E-state index in [9.17, 15) is 19.6 Å². The molecule has 2 saturated heterocycles. The van der Waals surface area contributed by atoms with Crippen LogP contribution in [0.25, 0.3) is 0 Å². The Balaban J connectivity index is 2.18. The fraction of sp³-hybridized carbons (Fsp3) is 0.833. The van der Waals surface area contributed by atoms with Gasteiger partial charge in [0.05, 0.1) is 17.5 Å². The zero-order valence-electron chi connectivity index (χ0n) is 17.9. The van der Waals surface area contributed by atoms with Gasteiger partial charge in [-0.25, -0.2) is 4.57 Å². The minimum absolute atomic E-state index is 0.279. The number of amides is 1. The van der Waals surface area contributed by atoms with Crippen LogP contribution in [-0.4, -0.2) is 98.0 Å². The van der Waals surface area contributed by atoms with Crippen LogP contribution in [0.3, 0.4) is 0 Å². The van der Waals surface area contributed by atoms with Crippen LogP contribution in [0.1, 0.15) is 26.7 Å². The summed E-state index contributed by atoms with van der Waals surface area (Å²) in [6.45, 7) is 4.34. The summed E-state index contributed by atoms with van der Waals surface area (Å²) in [7, 11) is -3.09. The number of aliphatic hydroxyl groups excluding tert-OH is 2. The maximum atomic E-state index is 13.0. The Hall–Kier alpha value is -0.200. The second-order valence-electron chi connectivity index (χ2n) is 7.86. The maximum Gasteiger partial charge on any atom is 0.470 e. The molecule has 1 amide bonds. The Labute approximate surface area is 191 Å². The molecule has 2 aliphatic rings. The van der Waals surface area contributed by atoms with Gasteiger partial charge in [0.2, 0.25) is 5.91 Å². The van der Waals surface area contributed by atoms with E-state index in [1.807, 2.05) is 18.9 Å². The third-order valence-electron chi connectivity index (χ3n) is 5.47. The molecule has 2 rings (SSSR count). The average molecular weight is 503 g/mol. The number of allylic oxidation sites excluding steroid dienone is 1. The second-order valence-corrected chi connectivity index (χ2v) is 10.7. The molecule has 8 atom stereocenters. The molecule has 0 aromatic carbocycles. The van der Waals surface area contributed by atoms with Gasteiger partial charge < -0.3 is 30.1 Å². The number of nitrogens with zero attached hydrogens (tertiary/aromatic N) is 1. The van der Waals surface area contributed by atoms with Gasteiger partial charge in [-0.05, 0) is 33.1 Å². The lowest BCUT2D eigenvalue weighted by Crippen LogP contribution is -2.65. The number of halogens is 1. The number of phosphoric acid groups is 1. The molecular formula is C18H32ClN2O8PS. The van der Waals surface area contributed by atoms with Crippen molar-refractivity contribution in [3.63, 3.8) is 0 Å². The summed E-state index contributed by atoms with van der Waals surface area (Å²) >= 11 is 7.36. The van der Waals surface area contributed by atoms with E-state index in [1.54, 1.807) is 13.2 Å². The van der Waals surface area contributed by atoms with Gasteiger partial charge in [0, 0.05) is 6.54 Å². The Kier molecular flexibility index (Phi) is 9.85. The van der Waals surface area contributed by atoms with Gasteiger partial charge in [0.15, 0.2) is 0 Å². The smallest absolute Gasteiger partial charge is 0.388 e. The fourth-order valence-corrected chi connectivity index (χ4v) is 5.53. The van der Waals surface area contributed by atoms with Crippen LogP contribution in [-0.2, 0) is 18.6 Å².